The second-order valence-corrected chi connectivity index (χ2v) is 4.05. The summed E-state index contributed by atoms with van der Waals surface area (Å²) < 4.78 is 0. The van der Waals surface area contributed by atoms with Crippen LogP contribution in [0.1, 0.15) is 24.5 Å². The number of carbonyl (C=O) groups is 1. The van der Waals surface area contributed by atoms with E-state index < -0.39 is 11.0 Å². The third kappa shape index (κ3) is 4.50. The number of nitro benzene ring substituents is 1. The van der Waals surface area contributed by atoms with E-state index >= 15 is 0 Å². The molecule has 1 atom stereocenters. The molecule has 0 radical (unpaired) electrons. The largest absolute Gasteiger partial charge is 0.351 e. The minimum atomic E-state index is -0.538. The first-order valence-electron chi connectivity index (χ1n) is 5.73. The van der Waals surface area contributed by atoms with E-state index in [1.165, 1.54) is 6.07 Å². The average Bonchev–Trinajstić information content (AvgIpc) is 2.35. The van der Waals surface area contributed by atoms with E-state index in [-0.39, 0.29) is 30.5 Å². The third-order valence-corrected chi connectivity index (χ3v) is 2.84. The first-order valence-corrected chi connectivity index (χ1v) is 5.73. The molecule has 1 aromatic rings. The molecule has 0 aliphatic rings. The maximum Gasteiger partial charge on any atom is 0.272 e. The number of rotatable bonds is 5. The van der Waals surface area contributed by atoms with E-state index in [4.69, 9.17) is 5.73 Å². The van der Waals surface area contributed by atoms with E-state index in [0.29, 0.717) is 12.0 Å². The van der Waals surface area contributed by atoms with Crippen LogP contribution in [0.2, 0.25) is 0 Å². The van der Waals surface area contributed by atoms with Gasteiger partial charge in [-0.2, -0.15) is 0 Å². The van der Waals surface area contributed by atoms with Gasteiger partial charge in [0.1, 0.15) is 0 Å². The molecular formula is C12H18ClN3O3. The molecule has 0 heterocycles. The van der Waals surface area contributed by atoms with Crippen molar-refractivity contribution in [2.45, 2.75) is 32.9 Å². The van der Waals surface area contributed by atoms with E-state index in [1.54, 1.807) is 19.1 Å². The SMILES string of the molecule is CC[C@H](N)C(=O)NCc1cccc([N+](=O)[O-])c1C.Cl. The zero-order valence-corrected chi connectivity index (χ0v) is 11.7. The van der Waals surface area contributed by atoms with Gasteiger partial charge in [-0.25, -0.2) is 0 Å². The zero-order valence-electron chi connectivity index (χ0n) is 10.9. The molecular weight excluding hydrogens is 270 g/mol. The molecule has 1 rings (SSSR count). The molecule has 7 heteroatoms. The highest BCUT2D eigenvalue weighted by Crippen LogP contribution is 2.20. The Kier molecular flexibility index (Phi) is 7.03. The Morgan fingerprint density at radius 2 is 2.16 bits per heavy atom. The highest BCUT2D eigenvalue weighted by molar-refractivity contribution is 5.85. The lowest BCUT2D eigenvalue weighted by Crippen LogP contribution is -2.39. The van der Waals surface area contributed by atoms with Crippen molar-refractivity contribution >= 4 is 24.0 Å². The molecule has 6 nitrogen and oxygen atoms in total. The number of benzene rings is 1. The van der Waals surface area contributed by atoms with Crippen molar-refractivity contribution in [2.75, 3.05) is 0 Å². The fraction of sp³-hybridized carbons (Fsp3) is 0.417. The number of nitro groups is 1. The Morgan fingerprint density at radius 3 is 2.68 bits per heavy atom. The Bertz CT molecular complexity index is 466. The van der Waals surface area contributed by atoms with Crippen LogP contribution in [0.25, 0.3) is 0 Å². The van der Waals surface area contributed by atoms with Crippen molar-refractivity contribution in [1.29, 1.82) is 0 Å². The topological polar surface area (TPSA) is 98.3 Å². The molecule has 3 N–H and O–H groups in total. The number of nitrogens with two attached hydrogens (primary N) is 1. The highest BCUT2D eigenvalue weighted by Gasteiger charge is 2.15. The second-order valence-electron chi connectivity index (χ2n) is 4.05. The van der Waals surface area contributed by atoms with Gasteiger partial charge in [0.05, 0.1) is 11.0 Å². The summed E-state index contributed by atoms with van der Waals surface area (Å²) in [6.07, 6.45) is 0.555. The lowest BCUT2D eigenvalue weighted by molar-refractivity contribution is -0.385. The number of carbonyl (C=O) groups excluding carboxylic acids is 1. The lowest BCUT2D eigenvalue weighted by atomic mass is 10.1. The summed E-state index contributed by atoms with van der Waals surface area (Å²) in [5, 5.41) is 13.4. The monoisotopic (exact) mass is 287 g/mol. The number of halogens is 1. The molecule has 1 aromatic carbocycles. The summed E-state index contributed by atoms with van der Waals surface area (Å²) >= 11 is 0. The van der Waals surface area contributed by atoms with Crippen molar-refractivity contribution in [3.8, 4) is 0 Å². The smallest absolute Gasteiger partial charge is 0.272 e. The van der Waals surface area contributed by atoms with Crippen LogP contribution in [-0.2, 0) is 11.3 Å². The van der Waals surface area contributed by atoms with Crippen LogP contribution >= 0.6 is 12.4 Å². The molecule has 0 aromatic heterocycles. The molecule has 1 amide bonds. The number of amides is 1. The van der Waals surface area contributed by atoms with Crippen LogP contribution in [0.3, 0.4) is 0 Å². The molecule has 0 unspecified atom stereocenters. The minimum Gasteiger partial charge on any atom is -0.351 e. The predicted octanol–water partition coefficient (Wildman–Crippen LogP) is 1.68. The number of hydrogen-bond donors (Lipinski definition) is 2. The summed E-state index contributed by atoms with van der Waals surface area (Å²) in [5.74, 6) is -0.247. The summed E-state index contributed by atoms with van der Waals surface area (Å²) in [5.41, 5.74) is 6.92. The van der Waals surface area contributed by atoms with Crippen molar-refractivity contribution < 1.29 is 9.72 Å². The van der Waals surface area contributed by atoms with E-state index in [1.807, 2.05) is 6.92 Å². The highest BCUT2D eigenvalue weighted by atomic mass is 35.5. The molecule has 0 saturated carbocycles. The quantitative estimate of drug-likeness (QED) is 0.636. The number of nitrogens with zero attached hydrogens (tertiary/aromatic N) is 1. The summed E-state index contributed by atoms with van der Waals surface area (Å²) in [6, 6.07) is 4.26. The van der Waals surface area contributed by atoms with Crippen LogP contribution in [0.4, 0.5) is 5.69 Å². The molecule has 19 heavy (non-hydrogen) atoms. The van der Waals surface area contributed by atoms with Crippen molar-refractivity contribution in [3.05, 3.63) is 39.4 Å². The number of nitrogens with one attached hydrogen (secondary N) is 1. The van der Waals surface area contributed by atoms with Crippen LogP contribution in [0, 0.1) is 17.0 Å². The van der Waals surface area contributed by atoms with Gasteiger partial charge in [0.25, 0.3) is 5.69 Å². The van der Waals surface area contributed by atoms with Gasteiger partial charge in [-0.3, -0.25) is 14.9 Å². The first kappa shape index (κ1) is 17.3. The first-order chi connectivity index (χ1) is 8.47. The van der Waals surface area contributed by atoms with Gasteiger partial charge in [0.2, 0.25) is 5.91 Å². The Hall–Kier alpha value is -1.66. The van der Waals surface area contributed by atoms with Gasteiger partial charge < -0.3 is 11.1 Å². The second kappa shape index (κ2) is 7.70. The van der Waals surface area contributed by atoms with Gasteiger partial charge in [-0.1, -0.05) is 19.1 Å². The minimum absolute atomic E-state index is 0. The maximum absolute atomic E-state index is 11.5. The zero-order chi connectivity index (χ0) is 13.7. The maximum atomic E-state index is 11.5. The van der Waals surface area contributed by atoms with Gasteiger partial charge in [-0.15, -0.1) is 12.4 Å². The Morgan fingerprint density at radius 1 is 1.53 bits per heavy atom. The standard InChI is InChI=1S/C12H17N3O3.ClH/c1-3-10(13)12(16)14-7-9-5-4-6-11(8(9)2)15(17)18;/h4-6,10H,3,7,13H2,1-2H3,(H,14,16);1H/t10-;/m0./s1. The van der Waals surface area contributed by atoms with E-state index in [9.17, 15) is 14.9 Å². The summed E-state index contributed by atoms with van der Waals surface area (Å²) in [6.45, 7) is 3.74. The fourth-order valence-corrected chi connectivity index (χ4v) is 1.56. The molecule has 106 valence electrons. The Labute approximate surface area is 117 Å². The fourth-order valence-electron chi connectivity index (χ4n) is 1.56. The third-order valence-electron chi connectivity index (χ3n) is 2.84. The van der Waals surface area contributed by atoms with E-state index in [0.717, 1.165) is 5.56 Å². The van der Waals surface area contributed by atoms with E-state index in [2.05, 4.69) is 5.32 Å². The van der Waals surface area contributed by atoms with Gasteiger partial charge in [0, 0.05) is 18.2 Å². The molecule has 0 fully saturated rings. The predicted molar refractivity (Wildman–Crippen MR) is 75.2 cm³/mol. The average molecular weight is 288 g/mol. The summed E-state index contributed by atoms with van der Waals surface area (Å²) in [7, 11) is 0. The molecule has 0 saturated heterocycles. The van der Waals surface area contributed by atoms with Crippen molar-refractivity contribution in [3.63, 3.8) is 0 Å². The van der Waals surface area contributed by atoms with Crippen LogP contribution in [0.15, 0.2) is 18.2 Å². The van der Waals surface area contributed by atoms with Crippen molar-refractivity contribution in [1.82, 2.24) is 5.32 Å². The normalized spacial score (nSPS) is 11.3. The Balaban J connectivity index is 0.00000324. The van der Waals surface area contributed by atoms with Gasteiger partial charge in [-0.05, 0) is 18.9 Å². The summed E-state index contributed by atoms with van der Waals surface area (Å²) in [4.78, 5) is 21.8. The van der Waals surface area contributed by atoms with Crippen LogP contribution in [-0.4, -0.2) is 16.9 Å². The van der Waals surface area contributed by atoms with Gasteiger partial charge >= 0.3 is 0 Å². The van der Waals surface area contributed by atoms with Crippen molar-refractivity contribution in [2.24, 2.45) is 5.73 Å². The molecule has 0 aliphatic carbocycles. The van der Waals surface area contributed by atoms with Crippen LogP contribution in [0.5, 0.6) is 0 Å². The van der Waals surface area contributed by atoms with Crippen LogP contribution < -0.4 is 11.1 Å². The molecule has 0 bridgehead atoms. The van der Waals surface area contributed by atoms with Gasteiger partial charge in [0.15, 0.2) is 0 Å². The molecule has 0 spiro atoms. The number of hydrogen-bond acceptors (Lipinski definition) is 4. The molecule has 0 aliphatic heterocycles. The lowest BCUT2D eigenvalue weighted by Gasteiger charge is -2.11.